The van der Waals surface area contributed by atoms with Crippen LogP contribution in [0.3, 0.4) is 0 Å². The van der Waals surface area contributed by atoms with Gasteiger partial charge in [-0.1, -0.05) is 30.4 Å². The first-order valence-corrected chi connectivity index (χ1v) is 11.1. The average molecular weight is 381 g/mol. The van der Waals surface area contributed by atoms with Crippen molar-refractivity contribution in [1.82, 2.24) is 19.6 Å². The maximum absolute atomic E-state index is 5.99. The van der Waals surface area contributed by atoms with E-state index in [1.165, 1.54) is 15.8 Å². The zero-order valence-electron chi connectivity index (χ0n) is 14.3. The first-order chi connectivity index (χ1) is 11.5. The lowest BCUT2D eigenvalue weighted by Crippen LogP contribution is -2.31. The molecule has 3 aromatic heterocycles. The molecule has 0 fully saturated rings. The van der Waals surface area contributed by atoms with Crippen LogP contribution < -0.4 is 0 Å². The molecule has 0 radical (unpaired) electrons. The monoisotopic (exact) mass is 380 g/mol. The van der Waals surface area contributed by atoms with E-state index in [2.05, 4.69) is 35.4 Å². The Bertz CT molecular complexity index is 915. The molecule has 0 bridgehead atoms. The molecule has 0 aromatic carbocycles. The zero-order valence-corrected chi connectivity index (χ0v) is 16.7. The second kappa shape index (κ2) is 6.16. The van der Waals surface area contributed by atoms with Crippen LogP contribution in [0.2, 0.25) is 0 Å². The molecule has 0 N–H and O–H groups in total. The summed E-state index contributed by atoms with van der Waals surface area (Å²) in [6.45, 7) is 7.14. The molecule has 0 spiro atoms. The molecule has 1 aliphatic heterocycles. The third-order valence-electron chi connectivity index (χ3n) is 4.13. The maximum Gasteiger partial charge on any atom is 0.197 e. The van der Waals surface area contributed by atoms with Gasteiger partial charge in [0.15, 0.2) is 16.0 Å². The van der Waals surface area contributed by atoms with E-state index >= 15 is 0 Å². The molecule has 4 rings (SSSR count). The smallest absolute Gasteiger partial charge is 0.197 e. The SMILES string of the molecule is CCCSc1nc2sc3c(c2c2nnc(SC)n12)CC(C)(C)OC3. The lowest BCUT2D eigenvalue weighted by atomic mass is 9.94. The number of thiophene rings is 1. The number of nitrogens with zero attached hydrogens (tertiary/aromatic N) is 4. The van der Waals surface area contributed by atoms with Crippen molar-refractivity contribution < 1.29 is 4.74 Å². The number of thioether (sulfide) groups is 2. The summed E-state index contributed by atoms with van der Waals surface area (Å²) >= 11 is 5.14. The number of hydrogen-bond acceptors (Lipinski definition) is 7. The molecule has 0 atom stereocenters. The van der Waals surface area contributed by atoms with Gasteiger partial charge in [0.05, 0.1) is 17.6 Å². The zero-order chi connectivity index (χ0) is 16.9. The van der Waals surface area contributed by atoms with Gasteiger partial charge in [0.2, 0.25) is 0 Å². The molecule has 0 saturated carbocycles. The van der Waals surface area contributed by atoms with E-state index < -0.39 is 0 Å². The highest BCUT2D eigenvalue weighted by molar-refractivity contribution is 7.99. The van der Waals surface area contributed by atoms with Gasteiger partial charge in [-0.2, -0.15) is 0 Å². The van der Waals surface area contributed by atoms with Crippen LogP contribution in [0.4, 0.5) is 0 Å². The Morgan fingerprint density at radius 1 is 1.29 bits per heavy atom. The van der Waals surface area contributed by atoms with E-state index in [0.29, 0.717) is 6.61 Å². The van der Waals surface area contributed by atoms with Crippen molar-refractivity contribution in [2.24, 2.45) is 0 Å². The van der Waals surface area contributed by atoms with Crippen LogP contribution in [0, 0.1) is 0 Å². The molecule has 0 aliphatic carbocycles. The quantitative estimate of drug-likeness (QED) is 0.493. The van der Waals surface area contributed by atoms with Crippen molar-refractivity contribution in [3.05, 3.63) is 10.4 Å². The highest BCUT2D eigenvalue weighted by Gasteiger charge is 2.31. The van der Waals surface area contributed by atoms with Gasteiger partial charge in [0, 0.05) is 17.1 Å². The highest BCUT2D eigenvalue weighted by Crippen LogP contribution is 2.41. The fraction of sp³-hybridized carbons (Fsp3) is 0.562. The first kappa shape index (κ1) is 16.6. The maximum atomic E-state index is 5.99. The highest BCUT2D eigenvalue weighted by atomic mass is 32.2. The minimum atomic E-state index is -0.143. The molecule has 0 amide bonds. The fourth-order valence-corrected chi connectivity index (χ4v) is 5.55. The second-order valence-corrected chi connectivity index (χ2v) is 9.42. The third kappa shape index (κ3) is 2.64. The van der Waals surface area contributed by atoms with Crippen molar-refractivity contribution in [2.45, 2.75) is 56.1 Å². The molecule has 1 aliphatic rings. The summed E-state index contributed by atoms with van der Waals surface area (Å²) in [6.07, 6.45) is 4.04. The predicted octanol–water partition coefficient (Wildman–Crippen LogP) is 4.41. The first-order valence-electron chi connectivity index (χ1n) is 8.04. The summed E-state index contributed by atoms with van der Waals surface area (Å²) in [4.78, 5) is 7.31. The van der Waals surface area contributed by atoms with Gasteiger partial charge in [-0.15, -0.1) is 21.5 Å². The van der Waals surface area contributed by atoms with Crippen LogP contribution in [-0.2, 0) is 17.8 Å². The van der Waals surface area contributed by atoms with E-state index in [-0.39, 0.29) is 5.60 Å². The fourth-order valence-electron chi connectivity index (χ4n) is 3.01. The Labute approximate surface area is 153 Å². The molecular weight excluding hydrogens is 360 g/mol. The Morgan fingerprint density at radius 3 is 2.88 bits per heavy atom. The largest absolute Gasteiger partial charge is 0.370 e. The lowest BCUT2D eigenvalue weighted by Gasteiger charge is -2.30. The molecule has 5 nitrogen and oxygen atoms in total. The minimum absolute atomic E-state index is 0.143. The molecule has 24 heavy (non-hydrogen) atoms. The number of fused-ring (bicyclic) bond motifs is 5. The molecular formula is C16H20N4OS3. The van der Waals surface area contributed by atoms with Crippen LogP contribution in [0.25, 0.3) is 15.9 Å². The number of rotatable bonds is 4. The summed E-state index contributed by atoms with van der Waals surface area (Å²) in [5.74, 6) is 1.04. The van der Waals surface area contributed by atoms with E-state index in [0.717, 1.165) is 39.4 Å². The lowest BCUT2D eigenvalue weighted by molar-refractivity contribution is -0.0379. The molecule has 8 heteroatoms. The number of hydrogen-bond donors (Lipinski definition) is 0. The standard InChI is InChI=1S/C16H20N4OS3/c1-5-6-23-14-17-13-11(12-18-19-15(22-4)20(12)14)9-7-16(2,3)21-8-10(9)24-13/h5-8H2,1-4H3. The second-order valence-electron chi connectivity index (χ2n) is 6.50. The average Bonchev–Trinajstić information content (AvgIpc) is 3.12. The van der Waals surface area contributed by atoms with Gasteiger partial charge in [0.1, 0.15) is 4.83 Å². The van der Waals surface area contributed by atoms with Crippen LogP contribution in [0.5, 0.6) is 0 Å². The van der Waals surface area contributed by atoms with Gasteiger partial charge in [-0.3, -0.25) is 0 Å². The van der Waals surface area contributed by atoms with Gasteiger partial charge >= 0.3 is 0 Å². The molecule has 4 heterocycles. The molecule has 0 unspecified atom stereocenters. The van der Waals surface area contributed by atoms with E-state index in [9.17, 15) is 0 Å². The normalized spacial score (nSPS) is 16.8. The minimum Gasteiger partial charge on any atom is -0.370 e. The Kier molecular flexibility index (Phi) is 4.27. The predicted molar refractivity (Wildman–Crippen MR) is 102 cm³/mol. The van der Waals surface area contributed by atoms with E-state index in [1.54, 1.807) is 34.9 Å². The summed E-state index contributed by atoms with van der Waals surface area (Å²) in [6, 6.07) is 0. The topological polar surface area (TPSA) is 52.3 Å². The van der Waals surface area contributed by atoms with Gasteiger partial charge < -0.3 is 4.74 Å². The van der Waals surface area contributed by atoms with Crippen molar-refractivity contribution >= 4 is 50.7 Å². The number of ether oxygens (including phenoxy) is 1. The van der Waals surface area contributed by atoms with Crippen LogP contribution in [-0.4, -0.2) is 37.2 Å². The van der Waals surface area contributed by atoms with Gasteiger partial charge in [0.25, 0.3) is 0 Å². The molecule has 128 valence electrons. The summed E-state index contributed by atoms with van der Waals surface area (Å²) in [5.41, 5.74) is 2.14. The Balaban J connectivity index is 2.00. The van der Waals surface area contributed by atoms with Crippen LogP contribution >= 0.6 is 34.9 Å². The summed E-state index contributed by atoms with van der Waals surface area (Å²) in [5, 5.41) is 12.0. The third-order valence-corrected chi connectivity index (χ3v) is 7.01. The van der Waals surface area contributed by atoms with E-state index in [4.69, 9.17) is 9.72 Å². The Morgan fingerprint density at radius 2 is 2.12 bits per heavy atom. The van der Waals surface area contributed by atoms with Gasteiger partial charge in [-0.05, 0) is 32.1 Å². The summed E-state index contributed by atoms with van der Waals surface area (Å²) in [7, 11) is 0. The van der Waals surface area contributed by atoms with Crippen LogP contribution in [0.15, 0.2) is 10.3 Å². The van der Waals surface area contributed by atoms with Crippen molar-refractivity contribution in [3.8, 4) is 0 Å². The Hall–Kier alpha value is -0.830. The summed E-state index contributed by atoms with van der Waals surface area (Å²) < 4.78 is 8.11. The van der Waals surface area contributed by atoms with Gasteiger partial charge in [-0.25, -0.2) is 9.38 Å². The van der Waals surface area contributed by atoms with Crippen LogP contribution in [0.1, 0.15) is 37.6 Å². The van der Waals surface area contributed by atoms with Crippen molar-refractivity contribution in [1.29, 1.82) is 0 Å². The van der Waals surface area contributed by atoms with E-state index in [1.807, 2.05) is 6.26 Å². The van der Waals surface area contributed by atoms with Crippen molar-refractivity contribution in [3.63, 3.8) is 0 Å². The number of aromatic nitrogens is 4. The molecule has 3 aromatic rings. The van der Waals surface area contributed by atoms with Crippen molar-refractivity contribution in [2.75, 3.05) is 12.0 Å². The molecule has 0 saturated heterocycles.